The third-order valence-corrected chi connectivity index (χ3v) is 2.93. The van der Waals surface area contributed by atoms with Crippen LogP contribution in [0.5, 0.6) is 0 Å². The van der Waals surface area contributed by atoms with Crippen molar-refractivity contribution < 1.29 is 4.42 Å². The number of benzene rings is 1. The van der Waals surface area contributed by atoms with Crippen LogP contribution in [0.3, 0.4) is 0 Å². The Bertz CT molecular complexity index is 479. The highest BCUT2D eigenvalue weighted by Crippen LogP contribution is 2.24. The number of oxazole rings is 1. The van der Waals surface area contributed by atoms with Crippen LogP contribution in [0.2, 0.25) is 0 Å². The van der Waals surface area contributed by atoms with E-state index >= 15 is 0 Å². The summed E-state index contributed by atoms with van der Waals surface area (Å²) in [5, 5.41) is 3.34. The molecule has 0 amide bonds. The van der Waals surface area contributed by atoms with Crippen molar-refractivity contribution in [3.63, 3.8) is 0 Å². The number of aromatic nitrogens is 1. The number of rotatable bonds is 4. The Morgan fingerprint density at radius 1 is 1.44 bits per heavy atom. The molecule has 1 heterocycles. The fraction of sp³-hybridized carbons (Fsp3) is 0.417. The average Bonchev–Trinajstić information content (AvgIpc) is 2.61. The lowest BCUT2D eigenvalue weighted by Crippen LogP contribution is -2.24. The SMILES string of the molecule is CC(C)NCCc1nc2cccc(Br)c2o1. The molecule has 0 aliphatic heterocycles. The van der Waals surface area contributed by atoms with E-state index < -0.39 is 0 Å². The molecule has 0 saturated carbocycles. The van der Waals surface area contributed by atoms with E-state index in [1.54, 1.807) is 0 Å². The maximum absolute atomic E-state index is 5.68. The smallest absolute Gasteiger partial charge is 0.196 e. The Labute approximate surface area is 103 Å². The number of para-hydroxylation sites is 1. The zero-order valence-electron chi connectivity index (χ0n) is 9.46. The van der Waals surface area contributed by atoms with Crippen LogP contribution in [0.4, 0.5) is 0 Å². The molecule has 0 atom stereocenters. The minimum Gasteiger partial charge on any atom is -0.439 e. The van der Waals surface area contributed by atoms with Crippen LogP contribution in [-0.4, -0.2) is 17.6 Å². The molecule has 1 aromatic heterocycles. The normalized spacial score (nSPS) is 11.5. The van der Waals surface area contributed by atoms with E-state index in [2.05, 4.69) is 40.1 Å². The highest BCUT2D eigenvalue weighted by molar-refractivity contribution is 9.10. The summed E-state index contributed by atoms with van der Waals surface area (Å²) in [6, 6.07) is 6.38. The molecule has 4 heteroatoms. The molecule has 2 rings (SSSR count). The number of hydrogen-bond donors (Lipinski definition) is 1. The maximum atomic E-state index is 5.68. The lowest BCUT2D eigenvalue weighted by molar-refractivity contribution is 0.500. The summed E-state index contributed by atoms with van der Waals surface area (Å²) in [5.41, 5.74) is 1.75. The summed E-state index contributed by atoms with van der Waals surface area (Å²) >= 11 is 3.45. The van der Waals surface area contributed by atoms with Crippen molar-refractivity contribution in [2.24, 2.45) is 0 Å². The first-order valence-corrected chi connectivity index (χ1v) is 6.23. The molecule has 1 N–H and O–H groups in total. The molecule has 1 aromatic carbocycles. The van der Waals surface area contributed by atoms with Gasteiger partial charge in [-0.05, 0) is 28.1 Å². The van der Waals surface area contributed by atoms with Gasteiger partial charge < -0.3 is 9.73 Å². The Balaban J connectivity index is 2.11. The molecule has 16 heavy (non-hydrogen) atoms. The summed E-state index contributed by atoms with van der Waals surface area (Å²) in [4.78, 5) is 4.43. The highest BCUT2D eigenvalue weighted by Gasteiger charge is 2.07. The predicted octanol–water partition coefficient (Wildman–Crippen LogP) is 3.13. The number of halogens is 1. The van der Waals surface area contributed by atoms with Crippen LogP contribution < -0.4 is 5.32 Å². The van der Waals surface area contributed by atoms with E-state index in [1.807, 2.05) is 18.2 Å². The van der Waals surface area contributed by atoms with Gasteiger partial charge in [0.25, 0.3) is 0 Å². The zero-order valence-corrected chi connectivity index (χ0v) is 11.0. The molecule has 0 spiro atoms. The van der Waals surface area contributed by atoms with Gasteiger partial charge in [0.15, 0.2) is 11.5 Å². The summed E-state index contributed by atoms with van der Waals surface area (Å²) in [6.07, 6.45) is 0.819. The van der Waals surface area contributed by atoms with Gasteiger partial charge >= 0.3 is 0 Å². The van der Waals surface area contributed by atoms with Crippen molar-refractivity contribution in [1.82, 2.24) is 10.3 Å². The second kappa shape index (κ2) is 4.97. The largest absolute Gasteiger partial charge is 0.439 e. The fourth-order valence-electron chi connectivity index (χ4n) is 1.54. The van der Waals surface area contributed by atoms with E-state index in [1.165, 1.54) is 0 Å². The number of nitrogens with one attached hydrogen (secondary N) is 1. The van der Waals surface area contributed by atoms with E-state index in [9.17, 15) is 0 Å². The lowest BCUT2D eigenvalue weighted by atomic mass is 10.3. The number of nitrogens with zero attached hydrogens (tertiary/aromatic N) is 1. The van der Waals surface area contributed by atoms with Gasteiger partial charge in [0.2, 0.25) is 0 Å². The standard InChI is InChI=1S/C12H15BrN2O/c1-8(2)14-7-6-11-15-10-5-3-4-9(13)12(10)16-11/h3-5,8,14H,6-7H2,1-2H3. The Morgan fingerprint density at radius 3 is 2.94 bits per heavy atom. The molecule has 0 bridgehead atoms. The van der Waals surface area contributed by atoms with E-state index in [-0.39, 0.29) is 0 Å². The first kappa shape index (κ1) is 11.6. The van der Waals surface area contributed by atoms with E-state index in [4.69, 9.17) is 4.42 Å². The number of hydrogen-bond acceptors (Lipinski definition) is 3. The predicted molar refractivity (Wildman–Crippen MR) is 68.6 cm³/mol. The van der Waals surface area contributed by atoms with E-state index in [0.717, 1.165) is 34.4 Å². The highest BCUT2D eigenvalue weighted by atomic mass is 79.9. The summed E-state index contributed by atoms with van der Waals surface area (Å²) in [5.74, 6) is 0.787. The van der Waals surface area contributed by atoms with Gasteiger partial charge in [-0.15, -0.1) is 0 Å². The van der Waals surface area contributed by atoms with Gasteiger partial charge in [0.1, 0.15) is 5.52 Å². The third kappa shape index (κ3) is 2.62. The van der Waals surface area contributed by atoms with Crippen LogP contribution in [0.15, 0.2) is 27.1 Å². The van der Waals surface area contributed by atoms with Gasteiger partial charge in [-0.1, -0.05) is 19.9 Å². The second-order valence-corrected chi connectivity index (χ2v) is 4.91. The summed E-state index contributed by atoms with van der Waals surface area (Å²) in [7, 11) is 0. The molecule has 0 radical (unpaired) electrons. The molecular weight excluding hydrogens is 268 g/mol. The first-order chi connectivity index (χ1) is 7.66. The maximum Gasteiger partial charge on any atom is 0.196 e. The molecule has 2 aromatic rings. The molecular formula is C12H15BrN2O. The zero-order chi connectivity index (χ0) is 11.5. The van der Waals surface area contributed by atoms with Crippen molar-refractivity contribution in [1.29, 1.82) is 0 Å². The summed E-state index contributed by atoms with van der Waals surface area (Å²) < 4.78 is 6.64. The molecule has 0 aliphatic carbocycles. The monoisotopic (exact) mass is 282 g/mol. The Hall–Kier alpha value is -0.870. The van der Waals surface area contributed by atoms with Gasteiger partial charge in [-0.25, -0.2) is 4.98 Å². The quantitative estimate of drug-likeness (QED) is 0.936. The van der Waals surface area contributed by atoms with Crippen LogP contribution in [-0.2, 0) is 6.42 Å². The van der Waals surface area contributed by atoms with Crippen molar-refractivity contribution in [2.75, 3.05) is 6.54 Å². The van der Waals surface area contributed by atoms with Crippen LogP contribution >= 0.6 is 15.9 Å². The fourth-order valence-corrected chi connectivity index (χ4v) is 1.97. The van der Waals surface area contributed by atoms with Gasteiger partial charge in [0, 0.05) is 19.0 Å². The lowest BCUT2D eigenvalue weighted by Gasteiger charge is -2.04. The topological polar surface area (TPSA) is 38.1 Å². The van der Waals surface area contributed by atoms with Crippen LogP contribution in [0, 0.1) is 0 Å². The molecule has 0 saturated heterocycles. The van der Waals surface area contributed by atoms with Crippen molar-refractivity contribution in [2.45, 2.75) is 26.3 Å². The second-order valence-electron chi connectivity index (χ2n) is 4.05. The molecule has 86 valence electrons. The Kier molecular flexibility index (Phi) is 3.61. The summed E-state index contributed by atoms with van der Waals surface area (Å²) in [6.45, 7) is 5.15. The van der Waals surface area contributed by atoms with E-state index in [0.29, 0.717) is 6.04 Å². The van der Waals surface area contributed by atoms with Gasteiger partial charge in [0.05, 0.1) is 4.47 Å². The minimum absolute atomic E-state index is 0.496. The number of fused-ring (bicyclic) bond motifs is 1. The van der Waals surface area contributed by atoms with Crippen molar-refractivity contribution in [3.8, 4) is 0 Å². The van der Waals surface area contributed by atoms with Crippen molar-refractivity contribution >= 4 is 27.0 Å². The Morgan fingerprint density at radius 2 is 2.25 bits per heavy atom. The van der Waals surface area contributed by atoms with Crippen LogP contribution in [0.25, 0.3) is 11.1 Å². The van der Waals surface area contributed by atoms with Crippen LogP contribution in [0.1, 0.15) is 19.7 Å². The molecule has 3 nitrogen and oxygen atoms in total. The molecule has 0 unspecified atom stereocenters. The first-order valence-electron chi connectivity index (χ1n) is 5.44. The molecule has 0 fully saturated rings. The minimum atomic E-state index is 0.496. The van der Waals surface area contributed by atoms with Gasteiger partial charge in [-0.2, -0.15) is 0 Å². The average molecular weight is 283 g/mol. The molecule has 0 aliphatic rings. The third-order valence-electron chi connectivity index (χ3n) is 2.30. The van der Waals surface area contributed by atoms with Gasteiger partial charge in [-0.3, -0.25) is 0 Å². The van der Waals surface area contributed by atoms with Crippen molar-refractivity contribution in [3.05, 3.63) is 28.6 Å².